The monoisotopic (exact) mass is 404 g/mol. The van der Waals surface area contributed by atoms with Crippen LogP contribution in [0.2, 0.25) is 0 Å². The minimum atomic E-state index is 0.0430. The van der Waals surface area contributed by atoms with Gasteiger partial charge in [-0.05, 0) is 56.5 Å². The summed E-state index contributed by atoms with van der Waals surface area (Å²) in [6.07, 6.45) is 7.57. The van der Waals surface area contributed by atoms with Crippen LogP contribution in [0.5, 0.6) is 0 Å². The normalized spacial score (nSPS) is 20.5. The lowest BCUT2D eigenvalue weighted by atomic mass is 9.93. The molecule has 4 heterocycles. The molecule has 1 unspecified atom stereocenters. The Hall–Kier alpha value is -2.98. The molecule has 0 bridgehead atoms. The van der Waals surface area contributed by atoms with E-state index in [-0.39, 0.29) is 11.8 Å². The van der Waals surface area contributed by atoms with Gasteiger partial charge in [0.25, 0.3) is 0 Å². The lowest BCUT2D eigenvalue weighted by Gasteiger charge is -2.42. The average Bonchev–Trinajstić information content (AvgIpc) is 2.83. The summed E-state index contributed by atoms with van der Waals surface area (Å²) in [7, 11) is 0. The SMILES string of the molecule is N#Cc1cccnc1N1CCC(N2CCCC(C(=O)NCc3ccccn3)C2)CC1. The van der Waals surface area contributed by atoms with Gasteiger partial charge in [-0.15, -0.1) is 0 Å². The van der Waals surface area contributed by atoms with Gasteiger partial charge in [0.15, 0.2) is 0 Å². The van der Waals surface area contributed by atoms with E-state index in [1.54, 1.807) is 12.4 Å². The first-order chi connectivity index (χ1) is 14.7. The highest BCUT2D eigenvalue weighted by Gasteiger charge is 2.32. The number of amides is 1. The number of pyridine rings is 2. The molecule has 0 aliphatic carbocycles. The molecule has 156 valence electrons. The van der Waals surface area contributed by atoms with E-state index in [1.807, 2.05) is 30.3 Å². The average molecular weight is 405 g/mol. The minimum Gasteiger partial charge on any atom is -0.355 e. The molecule has 2 aliphatic heterocycles. The molecule has 2 fully saturated rings. The van der Waals surface area contributed by atoms with Crippen LogP contribution < -0.4 is 10.2 Å². The highest BCUT2D eigenvalue weighted by molar-refractivity contribution is 5.78. The number of carbonyl (C=O) groups excluding carboxylic acids is 1. The predicted octanol–water partition coefficient (Wildman–Crippen LogP) is 2.35. The first kappa shape index (κ1) is 20.3. The van der Waals surface area contributed by atoms with Gasteiger partial charge in [-0.2, -0.15) is 5.26 Å². The van der Waals surface area contributed by atoms with Gasteiger partial charge in [0.05, 0.1) is 23.7 Å². The van der Waals surface area contributed by atoms with Gasteiger partial charge in [0.2, 0.25) is 5.91 Å². The van der Waals surface area contributed by atoms with E-state index in [4.69, 9.17) is 0 Å². The van der Waals surface area contributed by atoms with Crippen LogP contribution in [0.25, 0.3) is 0 Å². The summed E-state index contributed by atoms with van der Waals surface area (Å²) < 4.78 is 0. The summed E-state index contributed by atoms with van der Waals surface area (Å²) in [5, 5.41) is 12.4. The van der Waals surface area contributed by atoms with E-state index < -0.39 is 0 Å². The fraction of sp³-hybridized carbons (Fsp3) is 0.478. The van der Waals surface area contributed by atoms with E-state index >= 15 is 0 Å². The molecular formula is C23H28N6O. The van der Waals surface area contributed by atoms with E-state index in [0.29, 0.717) is 18.2 Å². The van der Waals surface area contributed by atoms with E-state index in [9.17, 15) is 10.1 Å². The maximum absolute atomic E-state index is 12.7. The third-order valence-electron chi connectivity index (χ3n) is 6.18. The van der Waals surface area contributed by atoms with E-state index in [2.05, 4.69) is 31.2 Å². The molecule has 0 aromatic carbocycles. The molecule has 2 aromatic rings. The number of carbonyl (C=O) groups is 1. The van der Waals surface area contributed by atoms with Crippen molar-refractivity contribution < 1.29 is 4.79 Å². The van der Waals surface area contributed by atoms with Gasteiger partial charge in [0, 0.05) is 38.1 Å². The van der Waals surface area contributed by atoms with Crippen LogP contribution in [0, 0.1) is 17.2 Å². The van der Waals surface area contributed by atoms with Crippen LogP contribution in [-0.2, 0) is 11.3 Å². The summed E-state index contributed by atoms with van der Waals surface area (Å²) in [6.45, 7) is 4.15. The number of hydrogen-bond donors (Lipinski definition) is 1. The third-order valence-corrected chi connectivity index (χ3v) is 6.18. The third kappa shape index (κ3) is 4.77. The first-order valence-electron chi connectivity index (χ1n) is 10.8. The Labute approximate surface area is 177 Å². The van der Waals surface area contributed by atoms with Crippen molar-refractivity contribution in [1.82, 2.24) is 20.2 Å². The largest absolute Gasteiger partial charge is 0.355 e. The van der Waals surface area contributed by atoms with Crippen molar-refractivity contribution in [2.24, 2.45) is 5.92 Å². The number of rotatable bonds is 5. The Bertz CT molecular complexity index is 888. The number of nitriles is 1. The lowest BCUT2D eigenvalue weighted by Crippen LogP contribution is -2.51. The number of likely N-dealkylation sites (tertiary alicyclic amines) is 1. The highest BCUT2D eigenvalue weighted by atomic mass is 16.1. The first-order valence-corrected chi connectivity index (χ1v) is 10.8. The zero-order valence-corrected chi connectivity index (χ0v) is 17.2. The maximum Gasteiger partial charge on any atom is 0.224 e. The fourth-order valence-electron chi connectivity index (χ4n) is 4.56. The fourth-order valence-corrected chi connectivity index (χ4v) is 4.56. The Kier molecular flexibility index (Phi) is 6.55. The lowest BCUT2D eigenvalue weighted by molar-refractivity contribution is -0.127. The zero-order chi connectivity index (χ0) is 20.8. The predicted molar refractivity (Wildman–Crippen MR) is 115 cm³/mol. The Balaban J connectivity index is 1.29. The molecule has 1 amide bonds. The molecule has 4 rings (SSSR count). The van der Waals surface area contributed by atoms with Crippen molar-refractivity contribution in [3.8, 4) is 6.07 Å². The van der Waals surface area contributed by atoms with Crippen LogP contribution in [0.1, 0.15) is 36.9 Å². The topological polar surface area (TPSA) is 85.2 Å². The molecule has 1 atom stereocenters. The van der Waals surface area contributed by atoms with Gasteiger partial charge < -0.3 is 10.2 Å². The molecule has 1 N–H and O–H groups in total. The maximum atomic E-state index is 12.7. The molecule has 2 aromatic heterocycles. The second kappa shape index (κ2) is 9.68. The Morgan fingerprint density at radius 3 is 2.70 bits per heavy atom. The van der Waals surface area contributed by atoms with Crippen LogP contribution in [-0.4, -0.2) is 53.0 Å². The number of nitrogens with one attached hydrogen (secondary N) is 1. The van der Waals surface area contributed by atoms with Gasteiger partial charge in [0.1, 0.15) is 11.9 Å². The van der Waals surface area contributed by atoms with Gasteiger partial charge in [-0.3, -0.25) is 14.7 Å². The Morgan fingerprint density at radius 1 is 1.10 bits per heavy atom. The summed E-state index contributed by atoms with van der Waals surface area (Å²) in [4.78, 5) is 26.1. The van der Waals surface area contributed by atoms with Crippen LogP contribution in [0.15, 0.2) is 42.7 Å². The number of anilines is 1. The number of piperidine rings is 2. The van der Waals surface area contributed by atoms with Crippen LogP contribution in [0.4, 0.5) is 5.82 Å². The molecule has 0 saturated carbocycles. The van der Waals surface area contributed by atoms with Gasteiger partial charge in [-0.1, -0.05) is 6.07 Å². The van der Waals surface area contributed by atoms with Crippen molar-refractivity contribution in [2.45, 2.75) is 38.3 Å². The smallest absolute Gasteiger partial charge is 0.224 e. The zero-order valence-electron chi connectivity index (χ0n) is 17.2. The molecule has 30 heavy (non-hydrogen) atoms. The number of hydrogen-bond acceptors (Lipinski definition) is 6. The molecule has 2 saturated heterocycles. The summed E-state index contributed by atoms with van der Waals surface area (Å²) >= 11 is 0. The summed E-state index contributed by atoms with van der Waals surface area (Å²) in [5.74, 6) is 0.972. The van der Waals surface area contributed by atoms with Crippen molar-refractivity contribution in [2.75, 3.05) is 31.1 Å². The highest BCUT2D eigenvalue weighted by Crippen LogP contribution is 2.27. The second-order valence-corrected chi connectivity index (χ2v) is 8.08. The van der Waals surface area contributed by atoms with Gasteiger partial charge in [-0.25, -0.2) is 4.98 Å². The Morgan fingerprint density at radius 2 is 1.93 bits per heavy atom. The molecule has 2 aliphatic rings. The van der Waals surface area contributed by atoms with Crippen molar-refractivity contribution in [3.63, 3.8) is 0 Å². The van der Waals surface area contributed by atoms with E-state index in [1.165, 1.54) is 0 Å². The second-order valence-electron chi connectivity index (χ2n) is 8.08. The molecule has 0 spiro atoms. The van der Waals surface area contributed by atoms with Crippen molar-refractivity contribution in [3.05, 3.63) is 54.0 Å². The van der Waals surface area contributed by atoms with Crippen molar-refractivity contribution in [1.29, 1.82) is 5.26 Å². The van der Waals surface area contributed by atoms with Crippen LogP contribution in [0.3, 0.4) is 0 Å². The van der Waals surface area contributed by atoms with Crippen LogP contribution >= 0.6 is 0 Å². The number of aromatic nitrogens is 2. The molecule has 7 heteroatoms. The standard InChI is InChI=1S/C23H28N6O/c24-15-18-5-3-11-26-22(18)28-13-8-21(9-14-28)29-12-4-6-19(17-29)23(30)27-16-20-7-1-2-10-25-20/h1-3,5,7,10-11,19,21H,4,6,8-9,12-14,16-17H2,(H,27,30). The quantitative estimate of drug-likeness (QED) is 0.823. The summed E-state index contributed by atoms with van der Waals surface area (Å²) in [6, 6.07) is 12.1. The molecule has 7 nitrogen and oxygen atoms in total. The molecule has 0 radical (unpaired) electrons. The minimum absolute atomic E-state index is 0.0430. The van der Waals surface area contributed by atoms with E-state index in [0.717, 1.165) is 63.4 Å². The molecular weight excluding hydrogens is 376 g/mol. The van der Waals surface area contributed by atoms with Gasteiger partial charge >= 0.3 is 0 Å². The number of nitrogens with zero attached hydrogens (tertiary/aromatic N) is 5. The van der Waals surface area contributed by atoms with Crippen molar-refractivity contribution >= 4 is 11.7 Å². The summed E-state index contributed by atoms with van der Waals surface area (Å²) in [5.41, 5.74) is 1.52.